The SMILES string of the molecule is c1ccc2c(NCCc3cnc[nH]3)snc2c1. The van der Waals surface area contributed by atoms with Crippen LogP contribution in [0.1, 0.15) is 5.69 Å². The van der Waals surface area contributed by atoms with Crippen molar-refractivity contribution in [3.63, 3.8) is 0 Å². The fourth-order valence-electron chi connectivity index (χ4n) is 1.75. The predicted molar refractivity (Wildman–Crippen MR) is 70.4 cm³/mol. The Morgan fingerprint density at radius 2 is 2.24 bits per heavy atom. The van der Waals surface area contributed by atoms with Gasteiger partial charge < -0.3 is 10.3 Å². The van der Waals surface area contributed by atoms with Gasteiger partial charge in [-0.3, -0.25) is 0 Å². The number of aromatic nitrogens is 3. The van der Waals surface area contributed by atoms with Crippen molar-refractivity contribution in [3.05, 3.63) is 42.5 Å². The van der Waals surface area contributed by atoms with Crippen molar-refractivity contribution < 1.29 is 0 Å². The highest BCUT2D eigenvalue weighted by Gasteiger charge is 2.04. The molecule has 0 radical (unpaired) electrons. The minimum absolute atomic E-state index is 0.883. The molecule has 0 spiro atoms. The van der Waals surface area contributed by atoms with Gasteiger partial charge in [0.1, 0.15) is 5.00 Å². The number of H-pyrrole nitrogens is 1. The standard InChI is InChI=1S/C12H12N4S/c1-2-4-11-10(3-1)12(17-16-11)14-6-5-9-7-13-8-15-9/h1-4,7-8,14H,5-6H2,(H,13,15). The highest BCUT2D eigenvalue weighted by molar-refractivity contribution is 7.11. The van der Waals surface area contributed by atoms with Gasteiger partial charge in [-0.25, -0.2) is 4.98 Å². The summed E-state index contributed by atoms with van der Waals surface area (Å²) in [5.41, 5.74) is 2.20. The molecule has 2 N–H and O–H groups in total. The number of imidazole rings is 1. The Kier molecular flexibility index (Phi) is 2.75. The topological polar surface area (TPSA) is 53.6 Å². The summed E-state index contributed by atoms with van der Waals surface area (Å²) in [4.78, 5) is 7.09. The fraction of sp³-hybridized carbons (Fsp3) is 0.167. The maximum absolute atomic E-state index is 4.39. The molecule has 0 aliphatic heterocycles. The number of fused-ring (bicyclic) bond motifs is 1. The summed E-state index contributed by atoms with van der Waals surface area (Å²) in [6.45, 7) is 0.883. The highest BCUT2D eigenvalue weighted by atomic mass is 32.1. The molecule has 5 heteroatoms. The van der Waals surface area contributed by atoms with Crippen molar-refractivity contribution in [1.29, 1.82) is 0 Å². The van der Waals surface area contributed by atoms with Crippen LogP contribution in [0, 0.1) is 0 Å². The molecule has 4 nitrogen and oxygen atoms in total. The van der Waals surface area contributed by atoms with Gasteiger partial charge in [-0.2, -0.15) is 4.37 Å². The summed E-state index contributed by atoms with van der Waals surface area (Å²) in [7, 11) is 0. The number of rotatable bonds is 4. The number of benzene rings is 1. The van der Waals surface area contributed by atoms with Crippen LogP contribution in [-0.4, -0.2) is 20.9 Å². The quantitative estimate of drug-likeness (QED) is 0.742. The van der Waals surface area contributed by atoms with Gasteiger partial charge in [0.05, 0.1) is 11.8 Å². The van der Waals surface area contributed by atoms with Gasteiger partial charge in [-0.15, -0.1) is 0 Å². The third-order valence-electron chi connectivity index (χ3n) is 2.62. The van der Waals surface area contributed by atoms with E-state index in [1.807, 2.05) is 24.4 Å². The molecule has 1 aromatic carbocycles. The Labute approximate surface area is 103 Å². The largest absolute Gasteiger partial charge is 0.375 e. The lowest BCUT2D eigenvalue weighted by Crippen LogP contribution is -2.03. The average Bonchev–Trinajstić information content (AvgIpc) is 2.99. The molecule has 86 valence electrons. The number of hydrogen-bond donors (Lipinski definition) is 2. The maximum Gasteiger partial charge on any atom is 0.117 e. The van der Waals surface area contributed by atoms with Crippen molar-refractivity contribution in [1.82, 2.24) is 14.3 Å². The number of hydrogen-bond acceptors (Lipinski definition) is 4. The summed E-state index contributed by atoms with van der Waals surface area (Å²) < 4.78 is 4.39. The first-order chi connectivity index (χ1) is 8.43. The zero-order chi connectivity index (χ0) is 11.5. The van der Waals surface area contributed by atoms with Crippen molar-refractivity contribution in [3.8, 4) is 0 Å². The first-order valence-corrected chi connectivity index (χ1v) is 6.26. The Hall–Kier alpha value is -1.88. The monoisotopic (exact) mass is 244 g/mol. The molecule has 17 heavy (non-hydrogen) atoms. The molecule has 0 saturated carbocycles. The summed E-state index contributed by atoms with van der Waals surface area (Å²) in [5, 5.41) is 5.75. The van der Waals surface area contributed by atoms with Crippen LogP contribution in [0.25, 0.3) is 10.9 Å². The molecule has 2 heterocycles. The summed E-state index contributed by atoms with van der Waals surface area (Å²) in [6.07, 6.45) is 4.50. The van der Waals surface area contributed by atoms with Crippen molar-refractivity contribution in [2.24, 2.45) is 0 Å². The smallest absolute Gasteiger partial charge is 0.117 e. The minimum Gasteiger partial charge on any atom is -0.375 e. The van der Waals surface area contributed by atoms with Gasteiger partial charge in [-0.05, 0) is 23.7 Å². The normalized spacial score (nSPS) is 10.8. The second kappa shape index (κ2) is 4.55. The molecule has 3 aromatic rings. The molecule has 0 atom stereocenters. The molecule has 0 saturated heterocycles. The van der Waals surface area contributed by atoms with Crippen LogP contribution in [-0.2, 0) is 6.42 Å². The molecular weight excluding hydrogens is 232 g/mol. The van der Waals surface area contributed by atoms with Crippen molar-refractivity contribution >= 4 is 27.4 Å². The van der Waals surface area contributed by atoms with Crippen molar-refractivity contribution in [2.75, 3.05) is 11.9 Å². The lowest BCUT2D eigenvalue weighted by molar-refractivity contribution is 0.981. The van der Waals surface area contributed by atoms with Gasteiger partial charge in [0.2, 0.25) is 0 Å². The van der Waals surface area contributed by atoms with E-state index in [9.17, 15) is 0 Å². The molecule has 0 aliphatic rings. The van der Waals surface area contributed by atoms with E-state index < -0.39 is 0 Å². The third-order valence-corrected chi connectivity index (χ3v) is 3.45. The molecule has 0 unspecified atom stereocenters. The Balaban J connectivity index is 1.69. The summed E-state index contributed by atoms with van der Waals surface area (Å²) >= 11 is 1.51. The molecule has 3 rings (SSSR count). The van der Waals surface area contributed by atoms with E-state index in [0.717, 1.165) is 29.2 Å². The van der Waals surface area contributed by atoms with Crippen LogP contribution in [0.3, 0.4) is 0 Å². The molecular formula is C12H12N4S. The van der Waals surface area contributed by atoms with Crippen LogP contribution >= 0.6 is 11.5 Å². The van der Waals surface area contributed by atoms with E-state index >= 15 is 0 Å². The minimum atomic E-state index is 0.883. The molecule has 0 fully saturated rings. The van der Waals surface area contributed by atoms with Crippen LogP contribution in [0.15, 0.2) is 36.8 Å². The predicted octanol–water partition coefficient (Wildman–Crippen LogP) is 2.67. The van der Waals surface area contributed by atoms with Crippen LogP contribution in [0.5, 0.6) is 0 Å². The third kappa shape index (κ3) is 2.14. The molecule has 0 bridgehead atoms. The van der Waals surface area contributed by atoms with Crippen molar-refractivity contribution in [2.45, 2.75) is 6.42 Å². The van der Waals surface area contributed by atoms with Gasteiger partial charge in [0.15, 0.2) is 0 Å². The van der Waals surface area contributed by atoms with Gasteiger partial charge >= 0.3 is 0 Å². The van der Waals surface area contributed by atoms with Gasteiger partial charge in [0.25, 0.3) is 0 Å². The fourth-order valence-corrected chi connectivity index (χ4v) is 2.54. The summed E-state index contributed by atoms with van der Waals surface area (Å²) in [6, 6.07) is 8.18. The number of nitrogens with one attached hydrogen (secondary N) is 2. The highest BCUT2D eigenvalue weighted by Crippen LogP contribution is 2.26. The van der Waals surface area contributed by atoms with Crippen LogP contribution < -0.4 is 5.32 Å². The molecule has 2 aromatic heterocycles. The molecule has 0 amide bonds. The van der Waals surface area contributed by atoms with Gasteiger partial charge in [0, 0.05) is 30.2 Å². The zero-order valence-electron chi connectivity index (χ0n) is 9.18. The van der Waals surface area contributed by atoms with E-state index in [1.165, 1.54) is 16.9 Å². The van der Waals surface area contributed by atoms with E-state index in [0.29, 0.717) is 0 Å². The lowest BCUT2D eigenvalue weighted by atomic mass is 10.2. The number of aromatic amines is 1. The van der Waals surface area contributed by atoms with E-state index in [4.69, 9.17) is 0 Å². The van der Waals surface area contributed by atoms with Crippen LogP contribution in [0.4, 0.5) is 5.00 Å². The summed E-state index contributed by atoms with van der Waals surface area (Å²) in [5.74, 6) is 0. The lowest BCUT2D eigenvalue weighted by Gasteiger charge is -2.02. The average molecular weight is 244 g/mol. The van der Waals surface area contributed by atoms with E-state index in [1.54, 1.807) is 6.33 Å². The second-order valence-electron chi connectivity index (χ2n) is 3.78. The Morgan fingerprint density at radius 1 is 1.29 bits per heavy atom. The van der Waals surface area contributed by atoms with Crippen LogP contribution in [0.2, 0.25) is 0 Å². The van der Waals surface area contributed by atoms with E-state index in [2.05, 4.69) is 25.7 Å². The van der Waals surface area contributed by atoms with E-state index in [-0.39, 0.29) is 0 Å². The first kappa shape index (κ1) is 10.3. The zero-order valence-corrected chi connectivity index (χ0v) is 10.00. The number of nitrogens with zero attached hydrogens (tertiary/aromatic N) is 2. The molecule has 0 aliphatic carbocycles. The number of anilines is 1. The Bertz CT molecular complexity index is 600. The first-order valence-electron chi connectivity index (χ1n) is 5.49. The second-order valence-corrected chi connectivity index (χ2v) is 4.56. The maximum atomic E-state index is 4.39. The van der Waals surface area contributed by atoms with Gasteiger partial charge in [-0.1, -0.05) is 12.1 Å². The Morgan fingerprint density at radius 3 is 3.12 bits per heavy atom.